The van der Waals surface area contributed by atoms with Crippen LogP contribution in [0, 0.1) is 0 Å². The zero-order valence-corrected chi connectivity index (χ0v) is 11.2. The van der Waals surface area contributed by atoms with E-state index in [1.165, 1.54) is 7.11 Å². The maximum atomic E-state index is 12.0. The minimum atomic E-state index is -0.374. The predicted octanol–water partition coefficient (Wildman–Crippen LogP) is 0.716. The van der Waals surface area contributed by atoms with Crippen molar-refractivity contribution in [3.63, 3.8) is 0 Å². The van der Waals surface area contributed by atoms with E-state index >= 15 is 0 Å². The van der Waals surface area contributed by atoms with Crippen LogP contribution in [0.15, 0.2) is 0 Å². The van der Waals surface area contributed by atoms with Crippen LogP contribution in [-0.4, -0.2) is 65.3 Å². The molecule has 1 aromatic rings. The first-order valence-electron chi connectivity index (χ1n) is 5.23. The van der Waals surface area contributed by atoms with Crippen molar-refractivity contribution in [3.8, 4) is 0 Å². The molecule has 0 N–H and O–H groups in total. The lowest BCUT2D eigenvalue weighted by Gasteiger charge is -2.33. The van der Waals surface area contributed by atoms with Crippen LogP contribution >= 0.6 is 22.9 Å². The fourth-order valence-corrected chi connectivity index (χ4v) is 2.44. The summed E-state index contributed by atoms with van der Waals surface area (Å²) in [4.78, 5) is 26.5. The molecule has 98 valence electrons. The molecule has 1 fully saturated rings. The Balaban J connectivity index is 1.94. The molecule has 1 aliphatic heterocycles. The second kappa shape index (κ2) is 5.49. The normalized spacial score (nSPS) is 15.7. The molecule has 0 radical (unpaired) electrons. The zero-order chi connectivity index (χ0) is 13.1. The summed E-state index contributed by atoms with van der Waals surface area (Å²) in [5.74, 6) is -0.205. The third kappa shape index (κ3) is 2.70. The molecule has 2 amide bonds. The summed E-state index contributed by atoms with van der Waals surface area (Å²) in [5, 5.41) is 7.56. The lowest BCUT2D eigenvalue weighted by atomic mass is 10.3. The molecule has 1 aliphatic rings. The number of ether oxygens (including phenoxy) is 1. The first kappa shape index (κ1) is 13.0. The van der Waals surface area contributed by atoms with Gasteiger partial charge in [0.1, 0.15) is 0 Å². The molecular weight excluding hydrogens is 280 g/mol. The van der Waals surface area contributed by atoms with Crippen LogP contribution in [0.2, 0.25) is 4.47 Å². The van der Waals surface area contributed by atoms with E-state index in [0.29, 0.717) is 26.2 Å². The van der Waals surface area contributed by atoms with Gasteiger partial charge in [0.25, 0.3) is 5.91 Å². The molecule has 0 aromatic carbocycles. The van der Waals surface area contributed by atoms with Crippen molar-refractivity contribution in [2.45, 2.75) is 0 Å². The highest BCUT2D eigenvalue weighted by molar-refractivity contribution is 7.17. The van der Waals surface area contributed by atoms with Gasteiger partial charge in [-0.15, -0.1) is 10.2 Å². The molecule has 0 unspecified atom stereocenters. The van der Waals surface area contributed by atoms with Gasteiger partial charge in [-0.05, 0) is 11.6 Å². The average molecular weight is 291 g/mol. The minimum absolute atomic E-state index is 0.205. The van der Waals surface area contributed by atoms with Crippen LogP contribution < -0.4 is 0 Å². The van der Waals surface area contributed by atoms with Crippen LogP contribution in [0.1, 0.15) is 9.80 Å². The van der Waals surface area contributed by atoms with Gasteiger partial charge in [0.2, 0.25) is 9.47 Å². The molecule has 7 nitrogen and oxygen atoms in total. The highest BCUT2D eigenvalue weighted by Gasteiger charge is 2.26. The van der Waals surface area contributed by atoms with Gasteiger partial charge in [0.05, 0.1) is 7.11 Å². The van der Waals surface area contributed by atoms with E-state index in [4.69, 9.17) is 11.6 Å². The van der Waals surface area contributed by atoms with Crippen LogP contribution in [0.25, 0.3) is 0 Å². The number of piperazine rings is 1. The van der Waals surface area contributed by atoms with Crippen molar-refractivity contribution in [2.75, 3.05) is 33.3 Å². The van der Waals surface area contributed by atoms with Crippen LogP contribution in [0.5, 0.6) is 0 Å². The number of carbonyl (C=O) groups is 2. The number of aromatic nitrogens is 2. The van der Waals surface area contributed by atoms with Crippen molar-refractivity contribution in [1.29, 1.82) is 0 Å². The number of nitrogens with zero attached hydrogens (tertiary/aromatic N) is 4. The van der Waals surface area contributed by atoms with E-state index < -0.39 is 0 Å². The number of methoxy groups -OCH3 is 1. The third-order valence-electron chi connectivity index (χ3n) is 2.58. The Morgan fingerprint density at radius 1 is 1.22 bits per heavy atom. The van der Waals surface area contributed by atoms with E-state index in [1.54, 1.807) is 9.80 Å². The molecule has 0 aliphatic carbocycles. The molecule has 0 spiro atoms. The largest absolute Gasteiger partial charge is 0.453 e. The number of amides is 2. The predicted molar refractivity (Wildman–Crippen MR) is 64.8 cm³/mol. The quantitative estimate of drug-likeness (QED) is 0.761. The number of carbonyl (C=O) groups excluding carboxylic acids is 2. The fraction of sp³-hybridized carbons (Fsp3) is 0.556. The van der Waals surface area contributed by atoms with Gasteiger partial charge < -0.3 is 14.5 Å². The van der Waals surface area contributed by atoms with Crippen molar-refractivity contribution in [1.82, 2.24) is 20.0 Å². The molecule has 0 bridgehead atoms. The summed E-state index contributed by atoms with van der Waals surface area (Å²) in [6.07, 6.45) is -0.374. The summed E-state index contributed by atoms with van der Waals surface area (Å²) in [5.41, 5.74) is 0. The maximum Gasteiger partial charge on any atom is 0.409 e. The van der Waals surface area contributed by atoms with Crippen molar-refractivity contribution < 1.29 is 14.3 Å². The first-order valence-corrected chi connectivity index (χ1v) is 6.42. The Morgan fingerprint density at radius 2 is 1.83 bits per heavy atom. The van der Waals surface area contributed by atoms with Gasteiger partial charge in [-0.3, -0.25) is 4.79 Å². The summed E-state index contributed by atoms with van der Waals surface area (Å²) >= 11 is 6.68. The van der Waals surface area contributed by atoms with Gasteiger partial charge in [0.15, 0.2) is 0 Å². The van der Waals surface area contributed by atoms with Crippen molar-refractivity contribution >= 4 is 34.9 Å². The molecular formula is C9H11ClN4O3S. The molecule has 1 aromatic heterocycles. The zero-order valence-electron chi connectivity index (χ0n) is 9.63. The van der Waals surface area contributed by atoms with E-state index in [-0.39, 0.29) is 21.5 Å². The minimum Gasteiger partial charge on any atom is -0.453 e. The molecule has 0 atom stereocenters. The number of rotatable bonds is 1. The fourth-order valence-electron chi connectivity index (χ4n) is 1.65. The molecule has 0 saturated carbocycles. The smallest absolute Gasteiger partial charge is 0.409 e. The average Bonchev–Trinajstić information content (AvgIpc) is 2.84. The molecule has 1 saturated heterocycles. The summed E-state index contributed by atoms with van der Waals surface area (Å²) in [7, 11) is 1.34. The van der Waals surface area contributed by atoms with Crippen LogP contribution in [0.4, 0.5) is 4.79 Å². The van der Waals surface area contributed by atoms with E-state index in [0.717, 1.165) is 11.3 Å². The number of hydrogen-bond donors (Lipinski definition) is 0. The Bertz CT molecular complexity index is 458. The maximum absolute atomic E-state index is 12.0. The standard InChI is InChI=1S/C9H11ClN4O3S/c1-17-9(16)14-4-2-13(3-5-14)7(15)6-11-12-8(10)18-6/h2-5H2,1H3. The lowest BCUT2D eigenvalue weighted by Crippen LogP contribution is -2.50. The van der Waals surface area contributed by atoms with E-state index in [9.17, 15) is 9.59 Å². The van der Waals surface area contributed by atoms with Gasteiger partial charge in [-0.25, -0.2) is 4.79 Å². The molecule has 2 rings (SSSR count). The number of hydrogen-bond acceptors (Lipinski definition) is 6. The molecule has 18 heavy (non-hydrogen) atoms. The first-order chi connectivity index (χ1) is 8.61. The van der Waals surface area contributed by atoms with Crippen LogP contribution in [-0.2, 0) is 4.74 Å². The summed E-state index contributed by atoms with van der Waals surface area (Å²) in [6.45, 7) is 1.80. The van der Waals surface area contributed by atoms with E-state index in [2.05, 4.69) is 14.9 Å². The summed E-state index contributed by atoms with van der Waals surface area (Å²) in [6, 6.07) is 0. The van der Waals surface area contributed by atoms with Crippen LogP contribution in [0.3, 0.4) is 0 Å². The monoisotopic (exact) mass is 290 g/mol. The topological polar surface area (TPSA) is 75.6 Å². The SMILES string of the molecule is COC(=O)N1CCN(C(=O)c2nnc(Cl)s2)CC1. The van der Waals surface area contributed by atoms with E-state index in [1.807, 2.05) is 0 Å². The Kier molecular flexibility index (Phi) is 3.97. The van der Waals surface area contributed by atoms with Gasteiger partial charge in [-0.1, -0.05) is 11.3 Å². The number of halogens is 1. The molecule has 2 heterocycles. The third-order valence-corrected chi connectivity index (χ3v) is 3.59. The second-order valence-corrected chi connectivity index (χ2v) is 5.17. The molecule has 9 heteroatoms. The van der Waals surface area contributed by atoms with Gasteiger partial charge in [-0.2, -0.15) is 0 Å². The van der Waals surface area contributed by atoms with Crippen molar-refractivity contribution in [3.05, 3.63) is 9.47 Å². The Labute approximate surface area is 112 Å². The highest BCUT2D eigenvalue weighted by atomic mass is 35.5. The second-order valence-electron chi connectivity index (χ2n) is 3.61. The van der Waals surface area contributed by atoms with Crippen molar-refractivity contribution in [2.24, 2.45) is 0 Å². The Hall–Kier alpha value is -1.41. The highest BCUT2D eigenvalue weighted by Crippen LogP contribution is 2.17. The summed E-state index contributed by atoms with van der Waals surface area (Å²) < 4.78 is 4.86. The van der Waals surface area contributed by atoms with Gasteiger partial charge >= 0.3 is 6.09 Å². The van der Waals surface area contributed by atoms with Gasteiger partial charge in [0, 0.05) is 26.2 Å². The lowest BCUT2D eigenvalue weighted by molar-refractivity contribution is 0.0598. The Morgan fingerprint density at radius 3 is 2.33 bits per heavy atom.